The van der Waals surface area contributed by atoms with Gasteiger partial charge in [-0.15, -0.1) is 0 Å². The summed E-state index contributed by atoms with van der Waals surface area (Å²) in [6, 6.07) is 12.7. The molecular formula is C15H11BrN2O. The Hall–Kier alpha value is -1.99. The number of halogens is 1. The number of ketones is 1. The highest BCUT2D eigenvalue weighted by atomic mass is 79.9. The maximum absolute atomic E-state index is 12.5. The van der Waals surface area contributed by atoms with Gasteiger partial charge in [0.05, 0.1) is 11.8 Å². The average molecular weight is 315 g/mol. The number of carbonyl (C=O) groups is 1. The number of hydrogen-bond donors (Lipinski definition) is 0. The second kappa shape index (κ2) is 5.77. The quantitative estimate of drug-likeness (QED) is 0.813. The monoisotopic (exact) mass is 314 g/mol. The minimum Gasteiger partial charge on any atom is -0.292 e. The Morgan fingerprint density at radius 2 is 2.16 bits per heavy atom. The van der Waals surface area contributed by atoms with Gasteiger partial charge in [0, 0.05) is 16.2 Å². The molecule has 1 atom stereocenters. The Labute approximate surface area is 120 Å². The molecular weight excluding hydrogens is 304 g/mol. The van der Waals surface area contributed by atoms with Gasteiger partial charge >= 0.3 is 0 Å². The molecule has 2 rings (SSSR count). The summed E-state index contributed by atoms with van der Waals surface area (Å²) >= 11 is 3.34. The normalized spacial score (nSPS) is 11.6. The first kappa shape index (κ1) is 13.4. The SMILES string of the molecule is Cc1ccc(Br)cc1C(=O)C(C#N)c1ccccn1. The number of rotatable bonds is 3. The zero-order chi connectivity index (χ0) is 13.8. The van der Waals surface area contributed by atoms with Gasteiger partial charge in [-0.05, 0) is 36.8 Å². The van der Waals surface area contributed by atoms with E-state index in [0.29, 0.717) is 11.3 Å². The summed E-state index contributed by atoms with van der Waals surface area (Å²) in [4.78, 5) is 16.6. The van der Waals surface area contributed by atoms with Gasteiger partial charge in [-0.1, -0.05) is 28.1 Å². The average Bonchev–Trinajstić information content (AvgIpc) is 2.43. The Bertz CT molecular complexity index is 647. The highest BCUT2D eigenvalue weighted by Crippen LogP contribution is 2.23. The molecule has 1 heterocycles. The van der Waals surface area contributed by atoms with Crippen LogP contribution in [0.2, 0.25) is 0 Å². The van der Waals surface area contributed by atoms with Crippen molar-refractivity contribution in [1.82, 2.24) is 4.98 Å². The van der Waals surface area contributed by atoms with Crippen molar-refractivity contribution in [3.05, 3.63) is 63.9 Å². The van der Waals surface area contributed by atoms with Crippen LogP contribution in [0.5, 0.6) is 0 Å². The van der Waals surface area contributed by atoms with Crippen LogP contribution in [-0.4, -0.2) is 10.8 Å². The predicted octanol–water partition coefficient (Wildman–Crippen LogP) is 3.64. The van der Waals surface area contributed by atoms with Crippen molar-refractivity contribution in [3.63, 3.8) is 0 Å². The molecule has 0 N–H and O–H groups in total. The molecule has 0 fully saturated rings. The number of carbonyl (C=O) groups excluding carboxylic acids is 1. The predicted molar refractivity (Wildman–Crippen MR) is 75.8 cm³/mol. The molecule has 0 radical (unpaired) electrons. The Kier molecular flexibility index (Phi) is 4.08. The zero-order valence-corrected chi connectivity index (χ0v) is 11.9. The van der Waals surface area contributed by atoms with Gasteiger partial charge in [0.1, 0.15) is 0 Å². The largest absolute Gasteiger partial charge is 0.292 e. The molecule has 1 aromatic carbocycles. The summed E-state index contributed by atoms with van der Waals surface area (Å²) in [6.07, 6.45) is 1.58. The molecule has 0 aliphatic carbocycles. The molecule has 0 spiro atoms. The summed E-state index contributed by atoms with van der Waals surface area (Å²) < 4.78 is 0.819. The van der Waals surface area contributed by atoms with E-state index in [1.807, 2.05) is 25.1 Å². The lowest BCUT2D eigenvalue weighted by atomic mass is 9.93. The van der Waals surface area contributed by atoms with Gasteiger partial charge < -0.3 is 0 Å². The molecule has 0 saturated heterocycles. The number of pyridine rings is 1. The van der Waals surface area contributed by atoms with E-state index in [0.717, 1.165) is 10.0 Å². The summed E-state index contributed by atoms with van der Waals surface area (Å²) in [7, 11) is 0. The lowest BCUT2D eigenvalue weighted by Gasteiger charge is -2.10. The fourth-order valence-electron chi connectivity index (χ4n) is 1.82. The first-order valence-electron chi connectivity index (χ1n) is 5.74. The van der Waals surface area contributed by atoms with Crippen molar-refractivity contribution < 1.29 is 4.79 Å². The van der Waals surface area contributed by atoms with Crippen LogP contribution in [-0.2, 0) is 0 Å². The van der Waals surface area contributed by atoms with Crippen molar-refractivity contribution in [2.45, 2.75) is 12.8 Å². The number of aryl methyl sites for hydroxylation is 1. The van der Waals surface area contributed by atoms with Crippen LogP contribution in [0.25, 0.3) is 0 Å². The molecule has 2 aromatic rings. The van der Waals surface area contributed by atoms with E-state index in [-0.39, 0.29) is 5.78 Å². The molecule has 1 aromatic heterocycles. The number of benzene rings is 1. The van der Waals surface area contributed by atoms with Crippen molar-refractivity contribution in [1.29, 1.82) is 5.26 Å². The van der Waals surface area contributed by atoms with E-state index in [2.05, 4.69) is 20.9 Å². The minimum atomic E-state index is -0.866. The van der Waals surface area contributed by atoms with Crippen LogP contribution >= 0.6 is 15.9 Å². The summed E-state index contributed by atoms with van der Waals surface area (Å²) in [5.41, 5.74) is 1.88. The van der Waals surface area contributed by atoms with E-state index in [1.54, 1.807) is 30.5 Å². The molecule has 0 aliphatic rings. The van der Waals surface area contributed by atoms with Crippen LogP contribution in [0.4, 0.5) is 0 Å². The first-order valence-corrected chi connectivity index (χ1v) is 6.53. The van der Waals surface area contributed by atoms with Crippen LogP contribution < -0.4 is 0 Å². The number of nitrogens with zero attached hydrogens (tertiary/aromatic N) is 2. The van der Waals surface area contributed by atoms with E-state index in [4.69, 9.17) is 0 Å². The summed E-state index contributed by atoms with van der Waals surface area (Å²) in [5.74, 6) is -1.09. The summed E-state index contributed by atoms with van der Waals surface area (Å²) in [5, 5.41) is 9.25. The second-order valence-corrected chi connectivity index (χ2v) is 5.06. The van der Waals surface area contributed by atoms with Crippen LogP contribution in [0, 0.1) is 18.3 Å². The molecule has 3 nitrogen and oxygen atoms in total. The lowest BCUT2D eigenvalue weighted by Crippen LogP contribution is -2.13. The third-order valence-electron chi connectivity index (χ3n) is 2.84. The number of Topliss-reactive ketones (excluding diaryl/α,β-unsaturated/α-hetero) is 1. The maximum Gasteiger partial charge on any atom is 0.186 e. The highest BCUT2D eigenvalue weighted by Gasteiger charge is 2.24. The maximum atomic E-state index is 12.5. The lowest BCUT2D eigenvalue weighted by molar-refractivity contribution is 0.0977. The number of aromatic nitrogens is 1. The molecule has 0 saturated carbocycles. The molecule has 1 unspecified atom stereocenters. The second-order valence-electron chi connectivity index (χ2n) is 4.14. The van der Waals surface area contributed by atoms with Gasteiger partial charge in [0.2, 0.25) is 0 Å². The van der Waals surface area contributed by atoms with Crippen LogP contribution in [0.3, 0.4) is 0 Å². The molecule has 94 valence electrons. The topological polar surface area (TPSA) is 53.8 Å². The summed E-state index contributed by atoms with van der Waals surface area (Å²) in [6.45, 7) is 1.85. The zero-order valence-electron chi connectivity index (χ0n) is 10.3. The van der Waals surface area contributed by atoms with Gasteiger partial charge in [0.25, 0.3) is 0 Å². The van der Waals surface area contributed by atoms with Crippen molar-refractivity contribution >= 4 is 21.7 Å². The Morgan fingerprint density at radius 1 is 1.37 bits per heavy atom. The van der Waals surface area contributed by atoms with Gasteiger partial charge in [-0.25, -0.2) is 0 Å². The molecule has 4 heteroatoms. The molecule has 19 heavy (non-hydrogen) atoms. The molecule has 0 aliphatic heterocycles. The third kappa shape index (κ3) is 2.88. The van der Waals surface area contributed by atoms with Crippen LogP contribution in [0.15, 0.2) is 47.1 Å². The van der Waals surface area contributed by atoms with Crippen LogP contribution in [0.1, 0.15) is 27.5 Å². The third-order valence-corrected chi connectivity index (χ3v) is 3.33. The van der Waals surface area contributed by atoms with E-state index in [1.165, 1.54) is 0 Å². The smallest absolute Gasteiger partial charge is 0.186 e. The first-order chi connectivity index (χ1) is 9.13. The van der Waals surface area contributed by atoms with Gasteiger partial charge in [-0.3, -0.25) is 9.78 Å². The fraction of sp³-hybridized carbons (Fsp3) is 0.133. The number of hydrogen-bond acceptors (Lipinski definition) is 3. The van der Waals surface area contributed by atoms with Crippen molar-refractivity contribution in [3.8, 4) is 6.07 Å². The molecule has 0 amide bonds. The Morgan fingerprint density at radius 3 is 2.79 bits per heavy atom. The van der Waals surface area contributed by atoms with Gasteiger partial charge in [-0.2, -0.15) is 5.26 Å². The van der Waals surface area contributed by atoms with Crippen molar-refractivity contribution in [2.24, 2.45) is 0 Å². The number of nitriles is 1. The fourth-order valence-corrected chi connectivity index (χ4v) is 2.18. The molecule has 0 bridgehead atoms. The van der Waals surface area contributed by atoms with E-state index >= 15 is 0 Å². The Balaban J connectivity index is 2.43. The minimum absolute atomic E-state index is 0.222. The van der Waals surface area contributed by atoms with Gasteiger partial charge in [0.15, 0.2) is 11.7 Å². The van der Waals surface area contributed by atoms with Crippen molar-refractivity contribution in [2.75, 3.05) is 0 Å². The highest BCUT2D eigenvalue weighted by molar-refractivity contribution is 9.10. The van der Waals surface area contributed by atoms with E-state index < -0.39 is 5.92 Å². The van der Waals surface area contributed by atoms with E-state index in [9.17, 15) is 10.1 Å². The standard InChI is InChI=1S/C15H11BrN2O/c1-10-5-6-11(16)8-12(10)15(19)13(9-17)14-4-2-3-7-18-14/h2-8,13H,1H3.